The van der Waals surface area contributed by atoms with Gasteiger partial charge < -0.3 is 24.8 Å². The van der Waals surface area contributed by atoms with E-state index in [4.69, 9.17) is 18.8 Å². The summed E-state index contributed by atoms with van der Waals surface area (Å²) in [6.45, 7) is 0. The second kappa shape index (κ2) is 8.69. The monoisotopic (exact) mass is 466 g/mol. The predicted molar refractivity (Wildman–Crippen MR) is 121 cm³/mol. The molecule has 2 aromatic carbocycles. The SMILES string of the molecule is COc1cc([C@@H]2Nc3nonc3NC3=C2C(=O)C[C@H](c2ccc(F)cc2)C3)cc(OC)c1OC. The molecule has 0 fully saturated rings. The van der Waals surface area contributed by atoms with Crippen molar-refractivity contribution in [3.63, 3.8) is 0 Å². The van der Waals surface area contributed by atoms with Crippen molar-refractivity contribution in [2.75, 3.05) is 32.0 Å². The third-order valence-corrected chi connectivity index (χ3v) is 6.20. The quantitative estimate of drug-likeness (QED) is 0.572. The minimum atomic E-state index is -0.578. The normalized spacial score (nSPS) is 19.4. The summed E-state index contributed by atoms with van der Waals surface area (Å²) in [7, 11) is 4.60. The Labute approximate surface area is 194 Å². The molecule has 1 aliphatic heterocycles. The smallest absolute Gasteiger partial charge is 0.219 e. The van der Waals surface area contributed by atoms with Crippen LogP contribution in [0, 0.1) is 5.82 Å². The number of allylic oxidation sites excluding steroid dienone is 1. The van der Waals surface area contributed by atoms with Crippen molar-refractivity contribution < 1.29 is 28.0 Å². The molecule has 3 aromatic rings. The van der Waals surface area contributed by atoms with Gasteiger partial charge in [0.25, 0.3) is 0 Å². The van der Waals surface area contributed by atoms with E-state index in [2.05, 4.69) is 20.9 Å². The topological polar surface area (TPSA) is 108 Å². The Balaban J connectivity index is 1.62. The van der Waals surface area contributed by atoms with E-state index in [1.807, 2.05) is 0 Å². The molecular weight excluding hydrogens is 443 g/mol. The van der Waals surface area contributed by atoms with Gasteiger partial charge in [-0.2, -0.15) is 0 Å². The van der Waals surface area contributed by atoms with Crippen molar-refractivity contribution in [1.29, 1.82) is 0 Å². The maximum Gasteiger partial charge on any atom is 0.219 e. The lowest BCUT2D eigenvalue weighted by atomic mass is 9.78. The van der Waals surface area contributed by atoms with Crippen LogP contribution in [-0.4, -0.2) is 37.4 Å². The zero-order valence-electron chi connectivity index (χ0n) is 18.8. The van der Waals surface area contributed by atoms with E-state index < -0.39 is 6.04 Å². The molecule has 5 rings (SSSR count). The van der Waals surface area contributed by atoms with Crippen molar-refractivity contribution in [2.24, 2.45) is 0 Å². The number of Topliss-reactive ketones (excluding diaryl/α,β-unsaturated/α-hetero) is 1. The summed E-state index contributed by atoms with van der Waals surface area (Å²) in [5.41, 5.74) is 2.87. The standard InChI is InChI=1S/C24H23FN4O5/c1-31-18-10-14(11-19(32-2)22(18)33-3)21-20-16(26-23-24(27-21)29-34-28-23)8-13(9-17(20)30)12-4-6-15(25)7-5-12/h4-7,10-11,13,21H,8-9H2,1-3H3,(H,26,28)(H,27,29)/t13-,21+/m1/s1. The van der Waals surface area contributed by atoms with Crippen molar-refractivity contribution in [3.05, 3.63) is 64.6 Å². The average molecular weight is 466 g/mol. The van der Waals surface area contributed by atoms with Crippen molar-refractivity contribution >= 4 is 17.4 Å². The second-order valence-corrected chi connectivity index (χ2v) is 8.09. The van der Waals surface area contributed by atoms with Gasteiger partial charge in [-0.1, -0.05) is 12.1 Å². The highest BCUT2D eigenvalue weighted by Gasteiger charge is 2.38. The van der Waals surface area contributed by atoms with E-state index in [-0.39, 0.29) is 23.9 Å². The Bertz CT molecular complexity index is 1250. The first kappa shape index (κ1) is 21.7. The van der Waals surface area contributed by atoms with E-state index in [9.17, 15) is 9.18 Å². The third-order valence-electron chi connectivity index (χ3n) is 6.20. The number of aromatic nitrogens is 2. The Morgan fingerprint density at radius 1 is 0.941 bits per heavy atom. The zero-order valence-corrected chi connectivity index (χ0v) is 18.8. The number of halogens is 1. The minimum absolute atomic E-state index is 0.0450. The molecule has 9 nitrogen and oxygen atoms in total. The minimum Gasteiger partial charge on any atom is -0.493 e. The van der Waals surface area contributed by atoms with Gasteiger partial charge in [0.1, 0.15) is 5.82 Å². The molecule has 2 N–H and O–H groups in total. The second-order valence-electron chi connectivity index (χ2n) is 8.09. The molecule has 34 heavy (non-hydrogen) atoms. The Hall–Kier alpha value is -4.08. The highest BCUT2D eigenvalue weighted by molar-refractivity contribution is 6.01. The molecule has 10 heteroatoms. The molecule has 176 valence electrons. The highest BCUT2D eigenvalue weighted by atomic mass is 19.1. The Kier molecular flexibility index (Phi) is 5.56. The van der Waals surface area contributed by atoms with Gasteiger partial charge in [0, 0.05) is 17.7 Å². The van der Waals surface area contributed by atoms with Gasteiger partial charge in [0.15, 0.2) is 17.3 Å². The molecular formula is C24H23FN4O5. The molecule has 0 bridgehead atoms. The van der Waals surface area contributed by atoms with Crippen LogP contribution >= 0.6 is 0 Å². The van der Waals surface area contributed by atoms with Crippen LogP contribution in [0.25, 0.3) is 0 Å². The van der Waals surface area contributed by atoms with Gasteiger partial charge in [-0.3, -0.25) is 4.79 Å². The van der Waals surface area contributed by atoms with E-state index >= 15 is 0 Å². The number of fused-ring (bicyclic) bond motifs is 1. The first-order valence-electron chi connectivity index (χ1n) is 10.7. The van der Waals surface area contributed by atoms with Crippen molar-refractivity contribution in [2.45, 2.75) is 24.8 Å². The predicted octanol–water partition coefficient (Wildman–Crippen LogP) is 4.21. The fraction of sp³-hybridized carbons (Fsp3) is 0.292. The molecule has 1 aliphatic carbocycles. The molecule has 0 spiro atoms. The fourth-order valence-corrected chi connectivity index (χ4v) is 4.59. The number of ether oxygens (including phenoxy) is 3. The number of ketones is 1. The summed E-state index contributed by atoms with van der Waals surface area (Å²) in [6.07, 6.45) is 0.811. The van der Waals surface area contributed by atoms with Gasteiger partial charge >= 0.3 is 0 Å². The maximum atomic E-state index is 13.6. The number of rotatable bonds is 5. The molecule has 2 atom stereocenters. The Morgan fingerprint density at radius 3 is 2.26 bits per heavy atom. The lowest BCUT2D eigenvalue weighted by Gasteiger charge is -2.30. The van der Waals surface area contributed by atoms with Crippen LogP contribution in [0.15, 0.2) is 52.3 Å². The average Bonchev–Trinajstić information content (AvgIpc) is 3.21. The Morgan fingerprint density at radius 2 is 1.62 bits per heavy atom. The zero-order chi connectivity index (χ0) is 23.8. The highest BCUT2D eigenvalue weighted by Crippen LogP contribution is 2.46. The van der Waals surface area contributed by atoms with Crippen molar-refractivity contribution in [1.82, 2.24) is 10.3 Å². The van der Waals surface area contributed by atoms with E-state index in [0.717, 1.165) is 5.56 Å². The number of hydrogen-bond donors (Lipinski definition) is 2. The summed E-state index contributed by atoms with van der Waals surface area (Å²) in [5.74, 6) is 1.66. The van der Waals surface area contributed by atoms with Gasteiger partial charge in [0.05, 0.1) is 27.4 Å². The third kappa shape index (κ3) is 3.70. The maximum absolute atomic E-state index is 13.6. The lowest BCUT2D eigenvalue weighted by Crippen LogP contribution is -2.27. The molecule has 0 saturated heterocycles. The number of nitrogens with one attached hydrogen (secondary N) is 2. The molecule has 0 saturated carbocycles. The van der Waals surface area contributed by atoms with Gasteiger partial charge in [0.2, 0.25) is 17.4 Å². The van der Waals surface area contributed by atoms with Gasteiger partial charge in [-0.15, -0.1) is 0 Å². The van der Waals surface area contributed by atoms with E-state index in [1.165, 1.54) is 33.5 Å². The molecule has 1 aromatic heterocycles. The number of nitrogens with zero attached hydrogens (tertiary/aromatic N) is 2. The summed E-state index contributed by atoms with van der Waals surface area (Å²) < 4.78 is 34.8. The number of carbonyl (C=O) groups is 1. The van der Waals surface area contributed by atoms with Crippen molar-refractivity contribution in [3.8, 4) is 17.2 Å². The number of benzene rings is 2. The van der Waals surface area contributed by atoms with Crippen LogP contribution in [0.2, 0.25) is 0 Å². The van der Waals surface area contributed by atoms with Crippen LogP contribution in [0.1, 0.15) is 35.9 Å². The van der Waals surface area contributed by atoms with Gasteiger partial charge in [-0.25, -0.2) is 9.02 Å². The van der Waals surface area contributed by atoms with Crippen LogP contribution in [0.3, 0.4) is 0 Å². The molecule has 0 amide bonds. The van der Waals surface area contributed by atoms with E-state index in [1.54, 1.807) is 24.3 Å². The fourth-order valence-electron chi connectivity index (χ4n) is 4.59. The summed E-state index contributed by atoms with van der Waals surface area (Å²) in [6, 6.07) is 9.25. The lowest BCUT2D eigenvalue weighted by molar-refractivity contribution is -0.116. The number of carbonyl (C=O) groups excluding carboxylic acids is 1. The van der Waals surface area contributed by atoms with Crippen LogP contribution in [0.5, 0.6) is 17.2 Å². The molecule has 0 radical (unpaired) electrons. The number of hydrogen-bond acceptors (Lipinski definition) is 9. The first-order chi connectivity index (χ1) is 16.5. The van der Waals surface area contributed by atoms with Crippen LogP contribution in [0.4, 0.5) is 16.0 Å². The van der Waals surface area contributed by atoms with Crippen LogP contribution < -0.4 is 24.8 Å². The van der Waals surface area contributed by atoms with Gasteiger partial charge in [-0.05, 0) is 58.0 Å². The molecule has 2 aliphatic rings. The summed E-state index contributed by atoms with van der Waals surface area (Å²) >= 11 is 0. The molecule has 0 unspecified atom stereocenters. The number of anilines is 2. The largest absolute Gasteiger partial charge is 0.493 e. The summed E-state index contributed by atoms with van der Waals surface area (Å²) in [4.78, 5) is 13.6. The van der Waals surface area contributed by atoms with E-state index in [0.29, 0.717) is 52.1 Å². The number of methoxy groups -OCH3 is 3. The van der Waals surface area contributed by atoms with Crippen LogP contribution in [-0.2, 0) is 4.79 Å². The molecule has 2 heterocycles. The first-order valence-corrected chi connectivity index (χ1v) is 10.7. The summed E-state index contributed by atoms with van der Waals surface area (Å²) in [5, 5.41) is 14.4.